The molecular formula is C23H31N3O3S. The maximum atomic E-state index is 12.5. The monoisotopic (exact) mass is 429 g/mol. The van der Waals surface area contributed by atoms with Crippen LogP contribution in [-0.4, -0.2) is 28.6 Å². The summed E-state index contributed by atoms with van der Waals surface area (Å²) in [5.74, 6) is 0.335. The van der Waals surface area contributed by atoms with Crippen molar-refractivity contribution < 1.29 is 14.3 Å². The summed E-state index contributed by atoms with van der Waals surface area (Å²) in [7, 11) is 0. The zero-order valence-corrected chi connectivity index (χ0v) is 19.0. The fourth-order valence-electron chi connectivity index (χ4n) is 3.61. The van der Waals surface area contributed by atoms with Crippen molar-refractivity contribution >= 4 is 28.5 Å². The Balaban J connectivity index is 1.42. The van der Waals surface area contributed by atoms with Gasteiger partial charge in [-0.05, 0) is 59.3 Å². The Morgan fingerprint density at radius 2 is 1.80 bits per heavy atom. The Bertz CT molecular complexity index is 863. The molecule has 0 saturated heterocycles. The third-order valence-electron chi connectivity index (χ3n) is 5.14. The number of benzene rings is 1. The van der Waals surface area contributed by atoms with Gasteiger partial charge >= 0.3 is 6.09 Å². The smallest absolute Gasteiger partial charge is 0.407 e. The highest BCUT2D eigenvalue weighted by atomic mass is 32.1. The van der Waals surface area contributed by atoms with Crippen LogP contribution in [0.25, 0.3) is 11.3 Å². The molecule has 1 aromatic heterocycles. The first-order chi connectivity index (χ1) is 14.2. The van der Waals surface area contributed by atoms with Gasteiger partial charge in [0.1, 0.15) is 5.60 Å². The molecule has 30 heavy (non-hydrogen) atoms. The minimum Gasteiger partial charge on any atom is -0.444 e. The number of amides is 2. The number of hydrogen-bond donors (Lipinski definition) is 2. The summed E-state index contributed by atoms with van der Waals surface area (Å²) in [6.45, 7) is 7.62. The number of hydrogen-bond acceptors (Lipinski definition) is 5. The summed E-state index contributed by atoms with van der Waals surface area (Å²) in [6.07, 6.45) is 3.69. The number of ether oxygens (including phenoxy) is 1. The molecule has 0 bridgehead atoms. The number of nitrogens with one attached hydrogen (secondary N) is 2. The van der Waals surface area contributed by atoms with Gasteiger partial charge in [-0.1, -0.05) is 29.8 Å². The number of thiazole rings is 1. The molecule has 1 saturated carbocycles. The number of carbonyl (C=O) groups excluding carboxylic acids is 2. The number of aryl methyl sites for hydroxylation is 1. The van der Waals surface area contributed by atoms with Crippen molar-refractivity contribution in [3.8, 4) is 11.3 Å². The molecule has 2 amide bonds. The van der Waals surface area contributed by atoms with E-state index in [0.29, 0.717) is 17.5 Å². The largest absolute Gasteiger partial charge is 0.444 e. The van der Waals surface area contributed by atoms with Crippen LogP contribution in [0.3, 0.4) is 0 Å². The van der Waals surface area contributed by atoms with Crippen LogP contribution >= 0.6 is 11.3 Å². The summed E-state index contributed by atoms with van der Waals surface area (Å²) >= 11 is 1.45. The normalized spacial score (nSPS) is 19.2. The van der Waals surface area contributed by atoms with E-state index in [1.807, 2.05) is 38.3 Å². The van der Waals surface area contributed by atoms with Crippen molar-refractivity contribution in [2.24, 2.45) is 5.92 Å². The van der Waals surface area contributed by atoms with Crippen molar-refractivity contribution in [2.45, 2.75) is 71.4 Å². The van der Waals surface area contributed by atoms with Crippen molar-refractivity contribution in [2.75, 3.05) is 5.32 Å². The van der Waals surface area contributed by atoms with Crippen LogP contribution in [-0.2, 0) is 9.53 Å². The van der Waals surface area contributed by atoms with Crippen molar-refractivity contribution in [1.82, 2.24) is 10.3 Å². The molecule has 1 heterocycles. The first-order valence-electron chi connectivity index (χ1n) is 10.5. The van der Waals surface area contributed by atoms with E-state index in [2.05, 4.69) is 34.7 Å². The molecule has 2 N–H and O–H groups in total. The van der Waals surface area contributed by atoms with Crippen LogP contribution < -0.4 is 10.6 Å². The zero-order chi connectivity index (χ0) is 21.7. The average Bonchev–Trinajstić information content (AvgIpc) is 3.10. The number of anilines is 1. The maximum Gasteiger partial charge on any atom is 0.407 e. The second-order valence-corrected chi connectivity index (χ2v) is 9.88. The SMILES string of the molecule is Cc1ccc(-c2csc(NC(=O)C[C@H]3CC[C@H](NC(=O)OC(C)(C)C)CC3)n2)cc1. The summed E-state index contributed by atoms with van der Waals surface area (Å²) < 4.78 is 5.32. The van der Waals surface area contributed by atoms with E-state index in [4.69, 9.17) is 4.74 Å². The van der Waals surface area contributed by atoms with Crippen LogP contribution in [0, 0.1) is 12.8 Å². The highest BCUT2D eigenvalue weighted by Gasteiger charge is 2.26. The van der Waals surface area contributed by atoms with Crippen LogP contribution in [0.4, 0.5) is 9.93 Å². The Morgan fingerprint density at radius 3 is 2.43 bits per heavy atom. The van der Waals surface area contributed by atoms with Crippen molar-refractivity contribution in [3.63, 3.8) is 0 Å². The zero-order valence-electron chi connectivity index (χ0n) is 18.2. The fourth-order valence-corrected chi connectivity index (χ4v) is 4.34. The molecule has 1 aromatic carbocycles. The van der Waals surface area contributed by atoms with Crippen molar-refractivity contribution in [3.05, 3.63) is 35.2 Å². The Hall–Kier alpha value is -2.41. The third-order valence-corrected chi connectivity index (χ3v) is 5.90. The molecule has 0 atom stereocenters. The number of alkyl carbamates (subject to hydrolysis) is 1. The molecule has 1 fully saturated rings. The summed E-state index contributed by atoms with van der Waals surface area (Å²) in [6, 6.07) is 8.32. The summed E-state index contributed by atoms with van der Waals surface area (Å²) in [4.78, 5) is 28.9. The van der Waals surface area contributed by atoms with Gasteiger partial charge in [-0.2, -0.15) is 0 Å². The topological polar surface area (TPSA) is 80.3 Å². The molecule has 2 aromatic rings. The lowest BCUT2D eigenvalue weighted by Gasteiger charge is -2.29. The first kappa shape index (κ1) is 22.3. The molecule has 7 heteroatoms. The molecule has 1 aliphatic carbocycles. The Kier molecular flexibility index (Phi) is 7.13. The van der Waals surface area contributed by atoms with Crippen LogP contribution in [0.2, 0.25) is 0 Å². The van der Waals surface area contributed by atoms with Gasteiger partial charge < -0.3 is 15.4 Å². The lowest BCUT2D eigenvalue weighted by atomic mass is 9.84. The highest BCUT2D eigenvalue weighted by molar-refractivity contribution is 7.14. The van der Waals surface area contributed by atoms with Gasteiger partial charge in [-0.25, -0.2) is 9.78 Å². The second kappa shape index (κ2) is 9.60. The van der Waals surface area contributed by atoms with E-state index < -0.39 is 5.60 Å². The molecule has 0 aliphatic heterocycles. The van der Waals surface area contributed by atoms with Crippen molar-refractivity contribution in [1.29, 1.82) is 0 Å². The van der Waals surface area contributed by atoms with Gasteiger partial charge in [-0.15, -0.1) is 11.3 Å². The predicted molar refractivity (Wildman–Crippen MR) is 121 cm³/mol. The number of rotatable bonds is 5. The Morgan fingerprint density at radius 1 is 1.13 bits per heavy atom. The first-order valence-corrected chi connectivity index (χ1v) is 11.4. The van der Waals surface area contributed by atoms with Gasteiger partial charge in [0.2, 0.25) is 5.91 Å². The van der Waals surface area contributed by atoms with Gasteiger partial charge in [0, 0.05) is 23.4 Å². The minimum atomic E-state index is -0.492. The average molecular weight is 430 g/mol. The van der Waals surface area contributed by atoms with E-state index >= 15 is 0 Å². The standard InChI is InChI=1S/C23H31N3O3S/c1-15-5-9-17(10-6-15)19-14-30-21(25-19)26-20(27)13-16-7-11-18(12-8-16)24-22(28)29-23(2,3)4/h5-6,9-10,14,16,18H,7-8,11-13H2,1-4H3,(H,24,28)(H,25,26,27)/t16-,18-. The van der Waals surface area contributed by atoms with E-state index in [-0.39, 0.29) is 18.0 Å². The minimum absolute atomic E-state index is 0.00311. The van der Waals surface area contributed by atoms with Gasteiger partial charge in [0.25, 0.3) is 0 Å². The predicted octanol–water partition coefficient (Wildman–Crippen LogP) is 5.53. The van der Waals surface area contributed by atoms with E-state index in [1.165, 1.54) is 16.9 Å². The molecule has 0 unspecified atom stereocenters. The molecule has 3 rings (SSSR count). The van der Waals surface area contributed by atoms with Crippen LogP contribution in [0.1, 0.15) is 58.4 Å². The third kappa shape index (κ3) is 6.83. The molecule has 6 nitrogen and oxygen atoms in total. The lowest BCUT2D eigenvalue weighted by Crippen LogP contribution is -2.41. The molecule has 1 aliphatic rings. The van der Waals surface area contributed by atoms with Gasteiger partial charge in [-0.3, -0.25) is 4.79 Å². The highest BCUT2D eigenvalue weighted by Crippen LogP contribution is 2.29. The molecule has 0 radical (unpaired) electrons. The van der Waals surface area contributed by atoms with Crippen LogP contribution in [0.15, 0.2) is 29.6 Å². The summed E-state index contributed by atoms with van der Waals surface area (Å²) in [5, 5.41) is 8.48. The summed E-state index contributed by atoms with van der Waals surface area (Å²) in [5.41, 5.74) is 2.64. The molecule has 162 valence electrons. The maximum absolute atomic E-state index is 12.5. The molecule has 0 spiro atoms. The number of carbonyl (C=O) groups is 2. The lowest BCUT2D eigenvalue weighted by molar-refractivity contribution is -0.117. The van der Waals surface area contributed by atoms with E-state index in [1.54, 1.807) is 0 Å². The van der Waals surface area contributed by atoms with Crippen LogP contribution in [0.5, 0.6) is 0 Å². The van der Waals surface area contributed by atoms with E-state index in [9.17, 15) is 9.59 Å². The van der Waals surface area contributed by atoms with Gasteiger partial charge in [0.15, 0.2) is 5.13 Å². The quantitative estimate of drug-likeness (QED) is 0.655. The number of aromatic nitrogens is 1. The number of nitrogens with zero attached hydrogens (tertiary/aromatic N) is 1. The second-order valence-electron chi connectivity index (χ2n) is 9.02. The fraction of sp³-hybridized carbons (Fsp3) is 0.522. The molecular weight excluding hydrogens is 398 g/mol. The van der Waals surface area contributed by atoms with E-state index in [0.717, 1.165) is 36.9 Å². The van der Waals surface area contributed by atoms with Gasteiger partial charge in [0.05, 0.1) is 5.69 Å². The Labute approximate surface area is 182 Å².